The zero-order valence-corrected chi connectivity index (χ0v) is 11.1. The molecule has 0 radical (unpaired) electrons. The third kappa shape index (κ3) is 2.55. The predicted octanol–water partition coefficient (Wildman–Crippen LogP) is 4.01. The maximum Gasteiger partial charge on any atom is 0.188 e. The molecule has 0 spiro atoms. The number of hydrogen-bond acceptors (Lipinski definition) is 2. The van der Waals surface area contributed by atoms with Crippen LogP contribution in [-0.2, 0) is 0 Å². The smallest absolute Gasteiger partial charge is 0.188 e. The van der Waals surface area contributed by atoms with Crippen molar-refractivity contribution in [1.29, 1.82) is 0 Å². The third-order valence-electron chi connectivity index (χ3n) is 2.70. The van der Waals surface area contributed by atoms with E-state index in [-0.39, 0.29) is 23.2 Å². The van der Waals surface area contributed by atoms with Gasteiger partial charge in [-0.05, 0) is 5.92 Å². The Balaban J connectivity index is 3.46. The molecule has 0 aliphatic carbocycles. The van der Waals surface area contributed by atoms with E-state index in [0.717, 1.165) is 17.1 Å². The Morgan fingerprint density at radius 3 is 1.88 bits per heavy atom. The first-order valence-electron chi connectivity index (χ1n) is 6.02. The zero-order valence-electron chi connectivity index (χ0n) is 11.1. The quantitative estimate of drug-likeness (QED) is 0.773. The van der Waals surface area contributed by atoms with Crippen LogP contribution in [0.25, 0.3) is 0 Å². The largest absolute Gasteiger partial charge is 0.465 e. The van der Waals surface area contributed by atoms with Crippen LogP contribution in [0.2, 0.25) is 0 Å². The van der Waals surface area contributed by atoms with Gasteiger partial charge in [0, 0.05) is 23.5 Å². The van der Waals surface area contributed by atoms with E-state index >= 15 is 0 Å². The molecule has 0 atom stereocenters. The van der Waals surface area contributed by atoms with Gasteiger partial charge in [0.1, 0.15) is 11.5 Å². The standard InChI is InChI=1S/C14H22O2/c1-8(2)12-7-11(15)13(9(3)4)14(16-12)10(5)6/h7-10H,1-6H3. The molecule has 0 amide bonds. The highest BCUT2D eigenvalue weighted by molar-refractivity contribution is 5.26. The number of rotatable bonds is 3. The van der Waals surface area contributed by atoms with E-state index in [4.69, 9.17) is 4.42 Å². The molecule has 0 unspecified atom stereocenters. The van der Waals surface area contributed by atoms with E-state index in [1.807, 2.05) is 27.7 Å². The maximum absolute atomic E-state index is 12.1. The van der Waals surface area contributed by atoms with Gasteiger partial charge in [0.25, 0.3) is 0 Å². The van der Waals surface area contributed by atoms with Crippen molar-refractivity contribution in [3.8, 4) is 0 Å². The molecule has 0 bridgehead atoms. The molecule has 1 rings (SSSR count). The highest BCUT2D eigenvalue weighted by Gasteiger charge is 2.18. The van der Waals surface area contributed by atoms with Gasteiger partial charge < -0.3 is 4.42 Å². The van der Waals surface area contributed by atoms with E-state index < -0.39 is 0 Å². The lowest BCUT2D eigenvalue weighted by Gasteiger charge is -2.16. The Morgan fingerprint density at radius 1 is 0.938 bits per heavy atom. The lowest BCUT2D eigenvalue weighted by Crippen LogP contribution is -2.15. The molecule has 1 aromatic rings. The highest BCUT2D eigenvalue weighted by Crippen LogP contribution is 2.26. The molecule has 90 valence electrons. The van der Waals surface area contributed by atoms with E-state index in [9.17, 15) is 4.79 Å². The fourth-order valence-electron chi connectivity index (χ4n) is 1.82. The molecule has 0 aliphatic heterocycles. The van der Waals surface area contributed by atoms with E-state index in [1.54, 1.807) is 6.07 Å². The Bertz CT molecular complexity index is 411. The normalized spacial score (nSPS) is 11.8. The molecule has 1 aromatic heterocycles. The molecule has 0 fully saturated rings. The summed E-state index contributed by atoms with van der Waals surface area (Å²) in [7, 11) is 0. The van der Waals surface area contributed by atoms with Crippen LogP contribution in [0.1, 0.15) is 76.4 Å². The summed E-state index contributed by atoms with van der Waals surface area (Å²) in [5.74, 6) is 2.37. The summed E-state index contributed by atoms with van der Waals surface area (Å²) in [6.07, 6.45) is 0. The summed E-state index contributed by atoms with van der Waals surface area (Å²) in [5.41, 5.74) is 0.952. The molecular formula is C14H22O2. The third-order valence-corrected chi connectivity index (χ3v) is 2.70. The van der Waals surface area contributed by atoms with Crippen LogP contribution in [-0.4, -0.2) is 0 Å². The Morgan fingerprint density at radius 2 is 1.50 bits per heavy atom. The lowest BCUT2D eigenvalue weighted by atomic mass is 9.95. The first-order chi connectivity index (χ1) is 7.34. The van der Waals surface area contributed by atoms with Gasteiger partial charge in [-0.1, -0.05) is 41.5 Å². The van der Waals surface area contributed by atoms with E-state index in [2.05, 4.69) is 13.8 Å². The minimum absolute atomic E-state index is 0.119. The van der Waals surface area contributed by atoms with Crippen LogP contribution < -0.4 is 5.43 Å². The molecule has 2 heteroatoms. The van der Waals surface area contributed by atoms with Gasteiger partial charge in [-0.25, -0.2) is 0 Å². The van der Waals surface area contributed by atoms with Crippen LogP contribution in [0, 0.1) is 0 Å². The fourth-order valence-corrected chi connectivity index (χ4v) is 1.82. The van der Waals surface area contributed by atoms with Crippen molar-refractivity contribution in [2.24, 2.45) is 0 Å². The maximum atomic E-state index is 12.1. The van der Waals surface area contributed by atoms with Crippen LogP contribution in [0.15, 0.2) is 15.3 Å². The average Bonchev–Trinajstić information content (AvgIpc) is 2.15. The molecule has 0 aromatic carbocycles. The van der Waals surface area contributed by atoms with Gasteiger partial charge in [0.05, 0.1) is 0 Å². The van der Waals surface area contributed by atoms with Crippen molar-refractivity contribution in [2.75, 3.05) is 0 Å². The van der Waals surface area contributed by atoms with Gasteiger partial charge in [0.2, 0.25) is 0 Å². The van der Waals surface area contributed by atoms with Crippen LogP contribution in [0.4, 0.5) is 0 Å². The zero-order chi connectivity index (χ0) is 12.5. The second-order valence-corrected chi connectivity index (χ2v) is 5.26. The summed E-state index contributed by atoms with van der Waals surface area (Å²) in [4.78, 5) is 12.1. The van der Waals surface area contributed by atoms with E-state index in [1.165, 1.54) is 0 Å². The first-order valence-corrected chi connectivity index (χ1v) is 6.02. The molecule has 1 heterocycles. The monoisotopic (exact) mass is 222 g/mol. The Hall–Kier alpha value is -1.05. The minimum Gasteiger partial charge on any atom is -0.465 e. The van der Waals surface area contributed by atoms with Crippen molar-refractivity contribution in [3.63, 3.8) is 0 Å². The van der Waals surface area contributed by atoms with Crippen LogP contribution in [0.3, 0.4) is 0 Å². The lowest BCUT2D eigenvalue weighted by molar-refractivity contribution is 0.403. The molecule has 0 saturated heterocycles. The number of hydrogen-bond donors (Lipinski definition) is 0. The highest BCUT2D eigenvalue weighted by atomic mass is 16.3. The summed E-state index contributed by atoms with van der Waals surface area (Å²) in [5, 5.41) is 0. The van der Waals surface area contributed by atoms with Crippen molar-refractivity contribution in [2.45, 2.75) is 59.3 Å². The van der Waals surface area contributed by atoms with Gasteiger partial charge >= 0.3 is 0 Å². The van der Waals surface area contributed by atoms with Gasteiger partial charge in [-0.2, -0.15) is 0 Å². The Labute approximate surface area is 97.7 Å². The van der Waals surface area contributed by atoms with E-state index in [0.29, 0.717) is 0 Å². The second-order valence-electron chi connectivity index (χ2n) is 5.26. The molecule has 16 heavy (non-hydrogen) atoms. The van der Waals surface area contributed by atoms with Crippen molar-refractivity contribution in [1.82, 2.24) is 0 Å². The topological polar surface area (TPSA) is 30.2 Å². The summed E-state index contributed by atoms with van der Waals surface area (Å²) in [6.45, 7) is 12.3. The van der Waals surface area contributed by atoms with Gasteiger partial charge in [0.15, 0.2) is 5.43 Å². The average molecular weight is 222 g/mol. The summed E-state index contributed by atoms with van der Waals surface area (Å²) >= 11 is 0. The molecule has 0 aliphatic rings. The molecule has 0 N–H and O–H groups in total. The Kier molecular flexibility index (Phi) is 3.95. The van der Waals surface area contributed by atoms with Gasteiger partial charge in [-0.15, -0.1) is 0 Å². The fraction of sp³-hybridized carbons (Fsp3) is 0.643. The predicted molar refractivity (Wildman–Crippen MR) is 67.2 cm³/mol. The molecule has 2 nitrogen and oxygen atoms in total. The first kappa shape index (κ1) is 13.0. The summed E-state index contributed by atoms with van der Waals surface area (Å²) < 4.78 is 5.87. The molecular weight excluding hydrogens is 200 g/mol. The molecule has 0 saturated carbocycles. The SMILES string of the molecule is CC(C)c1cc(=O)c(C(C)C)c(C(C)C)o1. The van der Waals surface area contributed by atoms with Crippen molar-refractivity contribution >= 4 is 0 Å². The van der Waals surface area contributed by atoms with Crippen molar-refractivity contribution in [3.05, 3.63) is 33.4 Å². The minimum atomic E-state index is 0.119. The second kappa shape index (κ2) is 4.86. The van der Waals surface area contributed by atoms with Crippen LogP contribution in [0.5, 0.6) is 0 Å². The van der Waals surface area contributed by atoms with Crippen molar-refractivity contribution < 1.29 is 4.42 Å². The summed E-state index contributed by atoms with van der Waals surface area (Å²) in [6, 6.07) is 1.64. The van der Waals surface area contributed by atoms with Gasteiger partial charge in [-0.3, -0.25) is 4.79 Å². The van der Waals surface area contributed by atoms with Crippen LogP contribution >= 0.6 is 0 Å².